The highest BCUT2D eigenvalue weighted by Gasteiger charge is 2.35. The molecule has 1 unspecified atom stereocenters. The molecule has 0 fully saturated rings. The topological polar surface area (TPSA) is 12.0 Å². The summed E-state index contributed by atoms with van der Waals surface area (Å²) in [6, 6.07) is 2.90. The van der Waals surface area contributed by atoms with Gasteiger partial charge in [0.15, 0.2) is 0 Å². The Balaban J connectivity index is 3.16. The van der Waals surface area contributed by atoms with Gasteiger partial charge >= 0.3 is 6.18 Å². The van der Waals surface area contributed by atoms with Crippen molar-refractivity contribution >= 4 is 0 Å². The van der Waals surface area contributed by atoms with E-state index < -0.39 is 23.6 Å². The van der Waals surface area contributed by atoms with Crippen LogP contribution in [0.4, 0.5) is 17.6 Å². The lowest BCUT2D eigenvalue weighted by atomic mass is 9.97. The second-order valence-electron chi connectivity index (χ2n) is 4.87. The minimum absolute atomic E-state index is 0.0382. The molecule has 0 amide bonds. The second-order valence-corrected chi connectivity index (χ2v) is 4.87. The molecule has 1 aromatic rings. The molecular formula is C15H19F4N. The zero-order valence-electron chi connectivity index (χ0n) is 11.6. The standard InChI is InChI=1S/C15H19F4N/c1-4-8-20-13(9-10(2)3)11-6-5-7-12(14(11)16)15(17,18)19/h5-7,13,20H,2,4,8-9H2,1,3H3. The van der Waals surface area contributed by atoms with Crippen LogP contribution < -0.4 is 5.32 Å². The van der Waals surface area contributed by atoms with Gasteiger partial charge in [-0.3, -0.25) is 0 Å². The first-order valence-electron chi connectivity index (χ1n) is 6.50. The Kier molecular flexibility index (Phi) is 5.74. The number of alkyl halides is 3. The Morgan fingerprint density at radius 1 is 1.35 bits per heavy atom. The number of nitrogens with one attached hydrogen (secondary N) is 1. The van der Waals surface area contributed by atoms with Crippen LogP contribution >= 0.6 is 0 Å². The Bertz CT molecular complexity index is 465. The lowest BCUT2D eigenvalue weighted by Gasteiger charge is -2.21. The molecule has 1 nitrogen and oxygen atoms in total. The van der Waals surface area contributed by atoms with Crippen LogP contribution in [0, 0.1) is 5.82 Å². The van der Waals surface area contributed by atoms with E-state index >= 15 is 0 Å². The summed E-state index contributed by atoms with van der Waals surface area (Å²) in [5, 5.41) is 3.07. The summed E-state index contributed by atoms with van der Waals surface area (Å²) >= 11 is 0. The lowest BCUT2D eigenvalue weighted by Crippen LogP contribution is -2.24. The van der Waals surface area contributed by atoms with E-state index in [4.69, 9.17) is 0 Å². The van der Waals surface area contributed by atoms with Gasteiger partial charge < -0.3 is 5.32 Å². The van der Waals surface area contributed by atoms with Crippen molar-refractivity contribution in [2.24, 2.45) is 0 Å². The number of benzene rings is 1. The average Bonchev–Trinajstić information content (AvgIpc) is 2.33. The van der Waals surface area contributed by atoms with Gasteiger partial charge in [-0.1, -0.05) is 24.6 Å². The second kappa shape index (κ2) is 6.88. The van der Waals surface area contributed by atoms with Crippen LogP contribution in [0.25, 0.3) is 0 Å². The van der Waals surface area contributed by atoms with Gasteiger partial charge in [0.25, 0.3) is 0 Å². The smallest absolute Gasteiger partial charge is 0.310 e. The average molecular weight is 289 g/mol. The van der Waals surface area contributed by atoms with Crippen molar-refractivity contribution in [2.45, 2.75) is 38.9 Å². The maximum absolute atomic E-state index is 14.1. The molecular weight excluding hydrogens is 270 g/mol. The predicted molar refractivity (Wildman–Crippen MR) is 71.9 cm³/mol. The van der Waals surface area contributed by atoms with Crippen LogP contribution in [0.15, 0.2) is 30.4 Å². The van der Waals surface area contributed by atoms with Gasteiger partial charge in [-0.2, -0.15) is 13.2 Å². The molecule has 1 atom stereocenters. The summed E-state index contributed by atoms with van der Waals surface area (Å²) in [7, 11) is 0. The summed E-state index contributed by atoms with van der Waals surface area (Å²) in [6.07, 6.45) is -3.47. The molecule has 0 heterocycles. The molecule has 0 radical (unpaired) electrons. The maximum atomic E-state index is 14.1. The molecule has 112 valence electrons. The molecule has 0 saturated carbocycles. The number of hydrogen-bond donors (Lipinski definition) is 1. The Labute approximate surface area is 116 Å². The third-order valence-corrected chi connectivity index (χ3v) is 2.90. The van der Waals surface area contributed by atoms with Gasteiger partial charge in [0, 0.05) is 11.6 Å². The molecule has 0 aliphatic heterocycles. The molecule has 1 N–H and O–H groups in total. The lowest BCUT2D eigenvalue weighted by molar-refractivity contribution is -0.140. The van der Waals surface area contributed by atoms with Crippen molar-refractivity contribution in [2.75, 3.05) is 6.54 Å². The van der Waals surface area contributed by atoms with E-state index in [1.807, 2.05) is 6.92 Å². The highest BCUT2D eigenvalue weighted by molar-refractivity contribution is 5.31. The van der Waals surface area contributed by atoms with Crippen molar-refractivity contribution in [1.29, 1.82) is 0 Å². The summed E-state index contributed by atoms with van der Waals surface area (Å²) in [5.74, 6) is -1.20. The summed E-state index contributed by atoms with van der Waals surface area (Å²) < 4.78 is 52.3. The van der Waals surface area contributed by atoms with Gasteiger partial charge in [0.05, 0.1) is 5.56 Å². The number of hydrogen-bond acceptors (Lipinski definition) is 1. The van der Waals surface area contributed by atoms with Crippen LogP contribution in [0.1, 0.15) is 43.9 Å². The monoisotopic (exact) mass is 289 g/mol. The fourth-order valence-corrected chi connectivity index (χ4v) is 2.00. The van der Waals surface area contributed by atoms with Gasteiger partial charge in [-0.25, -0.2) is 4.39 Å². The molecule has 0 spiro atoms. The zero-order valence-corrected chi connectivity index (χ0v) is 11.6. The van der Waals surface area contributed by atoms with E-state index in [9.17, 15) is 17.6 Å². The summed E-state index contributed by atoms with van der Waals surface area (Å²) in [4.78, 5) is 0. The van der Waals surface area contributed by atoms with E-state index in [2.05, 4.69) is 11.9 Å². The Morgan fingerprint density at radius 2 is 2.00 bits per heavy atom. The molecule has 0 saturated heterocycles. The van der Waals surface area contributed by atoms with Crippen molar-refractivity contribution in [3.05, 3.63) is 47.3 Å². The van der Waals surface area contributed by atoms with Gasteiger partial charge in [0.2, 0.25) is 0 Å². The molecule has 0 aliphatic rings. The van der Waals surface area contributed by atoms with Crippen molar-refractivity contribution in [3.63, 3.8) is 0 Å². The molecule has 0 bridgehead atoms. The first-order chi connectivity index (χ1) is 9.27. The molecule has 1 rings (SSSR count). The Morgan fingerprint density at radius 3 is 2.50 bits per heavy atom. The fourth-order valence-electron chi connectivity index (χ4n) is 2.00. The minimum Gasteiger partial charge on any atom is -0.310 e. The molecule has 0 aliphatic carbocycles. The van der Waals surface area contributed by atoms with E-state index in [-0.39, 0.29) is 5.56 Å². The fraction of sp³-hybridized carbons (Fsp3) is 0.467. The van der Waals surface area contributed by atoms with Crippen molar-refractivity contribution in [1.82, 2.24) is 5.32 Å². The number of halogens is 4. The molecule has 1 aromatic carbocycles. The minimum atomic E-state index is -4.68. The van der Waals surface area contributed by atoms with Gasteiger partial charge in [0.1, 0.15) is 5.82 Å². The summed E-state index contributed by atoms with van der Waals surface area (Å²) in [6.45, 7) is 8.06. The molecule has 20 heavy (non-hydrogen) atoms. The quantitative estimate of drug-likeness (QED) is 0.583. The van der Waals surface area contributed by atoms with Crippen molar-refractivity contribution < 1.29 is 17.6 Å². The normalized spacial score (nSPS) is 13.3. The summed E-state index contributed by atoms with van der Waals surface area (Å²) in [5.41, 5.74) is -0.397. The van der Waals surface area contributed by atoms with Crippen LogP contribution in [0.5, 0.6) is 0 Å². The largest absolute Gasteiger partial charge is 0.419 e. The maximum Gasteiger partial charge on any atom is 0.419 e. The molecule has 0 aromatic heterocycles. The van der Waals surface area contributed by atoms with E-state index in [0.717, 1.165) is 18.1 Å². The highest BCUT2D eigenvalue weighted by atomic mass is 19.4. The van der Waals surface area contributed by atoms with Crippen LogP contribution in [0.3, 0.4) is 0 Å². The first-order valence-corrected chi connectivity index (χ1v) is 6.50. The highest BCUT2D eigenvalue weighted by Crippen LogP contribution is 2.34. The number of rotatable bonds is 6. The van der Waals surface area contributed by atoms with Crippen LogP contribution in [0.2, 0.25) is 0 Å². The Hall–Kier alpha value is -1.36. The van der Waals surface area contributed by atoms with Crippen LogP contribution in [-0.2, 0) is 6.18 Å². The third kappa shape index (κ3) is 4.34. The first kappa shape index (κ1) is 16.7. The van der Waals surface area contributed by atoms with E-state index in [1.165, 1.54) is 12.1 Å². The SMILES string of the molecule is C=C(C)CC(NCCC)c1cccc(C(F)(F)F)c1F. The van der Waals surface area contributed by atoms with Crippen molar-refractivity contribution in [3.8, 4) is 0 Å². The van der Waals surface area contributed by atoms with E-state index in [1.54, 1.807) is 6.92 Å². The van der Waals surface area contributed by atoms with E-state index in [0.29, 0.717) is 13.0 Å². The van der Waals surface area contributed by atoms with Gasteiger partial charge in [-0.05, 0) is 32.4 Å². The predicted octanol–water partition coefficient (Wildman–Crippen LogP) is 4.85. The van der Waals surface area contributed by atoms with Crippen LogP contribution in [-0.4, -0.2) is 6.54 Å². The molecule has 5 heteroatoms. The zero-order chi connectivity index (χ0) is 15.3. The third-order valence-electron chi connectivity index (χ3n) is 2.90. The van der Waals surface area contributed by atoms with Gasteiger partial charge in [-0.15, -0.1) is 6.58 Å².